The van der Waals surface area contributed by atoms with Crippen molar-refractivity contribution in [1.82, 2.24) is 0 Å². The van der Waals surface area contributed by atoms with E-state index in [1.165, 1.54) is 22.3 Å². The molecule has 1 aliphatic carbocycles. The van der Waals surface area contributed by atoms with E-state index in [0.717, 1.165) is 0 Å². The zero-order chi connectivity index (χ0) is 11.0. The van der Waals surface area contributed by atoms with Crippen LogP contribution in [0.2, 0.25) is 0 Å². The van der Waals surface area contributed by atoms with Gasteiger partial charge in [0, 0.05) is 5.92 Å². The van der Waals surface area contributed by atoms with Gasteiger partial charge in [0.2, 0.25) is 0 Å². The summed E-state index contributed by atoms with van der Waals surface area (Å²) in [6, 6.07) is 17.3. The molecule has 16 heavy (non-hydrogen) atoms. The average molecular weight is 206 g/mol. The fraction of sp³-hybridized carbons (Fsp3) is 0.125. The van der Waals surface area contributed by atoms with Crippen LogP contribution < -0.4 is 0 Å². The number of rotatable bonds is 0. The quantitative estimate of drug-likeness (QED) is 0.602. The molecule has 2 aromatic carbocycles. The second-order valence-electron chi connectivity index (χ2n) is 4.31. The molecule has 0 saturated heterocycles. The number of hydrogen-bond acceptors (Lipinski definition) is 0. The first-order valence-corrected chi connectivity index (χ1v) is 5.72. The fourth-order valence-electron chi connectivity index (χ4n) is 2.46. The Balaban J connectivity index is 2.26. The molecular formula is C16H14. The van der Waals surface area contributed by atoms with Gasteiger partial charge in [-0.2, -0.15) is 0 Å². The van der Waals surface area contributed by atoms with Crippen LogP contribution >= 0.6 is 0 Å². The third-order valence-corrected chi connectivity index (χ3v) is 3.37. The van der Waals surface area contributed by atoms with E-state index < -0.39 is 0 Å². The average Bonchev–Trinajstić information content (AvgIpc) is 2.49. The van der Waals surface area contributed by atoms with Gasteiger partial charge in [-0.3, -0.25) is 0 Å². The molecule has 0 heterocycles. The van der Waals surface area contributed by atoms with Crippen molar-refractivity contribution in [1.29, 1.82) is 0 Å². The van der Waals surface area contributed by atoms with Gasteiger partial charge in [-0.1, -0.05) is 67.6 Å². The first-order valence-electron chi connectivity index (χ1n) is 5.72. The normalized spacial score (nSPS) is 14.1. The second kappa shape index (κ2) is 3.64. The summed E-state index contributed by atoms with van der Waals surface area (Å²) in [4.78, 5) is 0. The summed E-state index contributed by atoms with van der Waals surface area (Å²) in [6.45, 7) is 2.28. The van der Waals surface area contributed by atoms with Crippen molar-refractivity contribution >= 4 is 12.2 Å². The van der Waals surface area contributed by atoms with Crippen molar-refractivity contribution in [3.63, 3.8) is 0 Å². The van der Waals surface area contributed by atoms with E-state index in [2.05, 4.69) is 67.6 Å². The predicted octanol–water partition coefficient (Wildman–Crippen LogP) is 4.32. The maximum Gasteiger partial charge on any atom is 0.00728 e. The highest BCUT2D eigenvalue weighted by atomic mass is 14.2. The first kappa shape index (κ1) is 9.41. The Morgan fingerprint density at radius 2 is 1.12 bits per heavy atom. The van der Waals surface area contributed by atoms with Crippen LogP contribution in [0.25, 0.3) is 12.2 Å². The molecule has 0 amide bonds. The van der Waals surface area contributed by atoms with Crippen molar-refractivity contribution in [3.8, 4) is 0 Å². The predicted molar refractivity (Wildman–Crippen MR) is 69.3 cm³/mol. The largest absolute Gasteiger partial charge is 0.0619 e. The summed E-state index contributed by atoms with van der Waals surface area (Å²) in [5, 5.41) is 0. The van der Waals surface area contributed by atoms with Crippen molar-refractivity contribution < 1.29 is 0 Å². The Kier molecular flexibility index (Phi) is 2.14. The summed E-state index contributed by atoms with van der Waals surface area (Å²) in [5.74, 6) is 0.474. The molecule has 0 atom stereocenters. The summed E-state index contributed by atoms with van der Waals surface area (Å²) in [7, 11) is 0. The summed E-state index contributed by atoms with van der Waals surface area (Å²) in [5.41, 5.74) is 5.52. The van der Waals surface area contributed by atoms with Crippen LogP contribution in [0.15, 0.2) is 48.5 Å². The van der Waals surface area contributed by atoms with Crippen LogP contribution in [0.3, 0.4) is 0 Å². The van der Waals surface area contributed by atoms with Crippen LogP contribution in [0.5, 0.6) is 0 Å². The summed E-state index contributed by atoms with van der Waals surface area (Å²) >= 11 is 0. The van der Waals surface area contributed by atoms with Crippen LogP contribution in [0.1, 0.15) is 35.1 Å². The van der Waals surface area contributed by atoms with Gasteiger partial charge in [0.15, 0.2) is 0 Å². The molecule has 0 bridgehead atoms. The maximum absolute atomic E-state index is 2.28. The molecule has 2 aromatic rings. The minimum atomic E-state index is 0.474. The lowest BCUT2D eigenvalue weighted by molar-refractivity contribution is 0.919. The van der Waals surface area contributed by atoms with E-state index in [-0.39, 0.29) is 0 Å². The maximum atomic E-state index is 2.28. The van der Waals surface area contributed by atoms with Gasteiger partial charge in [-0.15, -0.1) is 0 Å². The molecule has 78 valence electrons. The summed E-state index contributed by atoms with van der Waals surface area (Å²) < 4.78 is 0. The second-order valence-corrected chi connectivity index (χ2v) is 4.31. The van der Waals surface area contributed by atoms with Gasteiger partial charge in [-0.05, 0) is 22.3 Å². The van der Waals surface area contributed by atoms with Crippen molar-refractivity contribution in [3.05, 3.63) is 70.8 Å². The number of hydrogen-bond donors (Lipinski definition) is 0. The van der Waals surface area contributed by atoms with Crippen LogP contribution in [0.4, 0.5) is 0 Å². The molecule has 0 N–H and O–H groups in total. The van der Waals surface area contributed by atoms with Gasteiger partial charge in [-0.25, -0.2) is 0 Å². The van der Waals surface area contributed by atoms with Crippen molar-refractivity contribution in [2.45, 2.75) is 12.8 Å². The lowest BCUT2D eigenvalue weighted by atomic mass is 9.89. The zero-order valence-corrected chi connectivity index (χ0v) is 9.35. The first-order chi connectivity index (χ1) is 7.86. The van der Waals surface area contributed by atoms with Crippen molar-refractivity contribution in [2.75, 3.05) is 0 Å². The lowest BCUT2D eigenvalue weighted by Crippen LogP contribution is -1.98. The fourth-order valence-corrected chi connectivity index (χ4v) is 2.46. The van der Waals surface area contributed by atoms with Gasteiger partial charge in [0.1, 0.15) is 0 Å². The Hall–Kier alpha value is -1.82. The smallest absolute Gasteiger partial charge is 0.00728 e. The minimum absolute atomic E-state index is 0.474. The highest BCUT2D eigenvalue weighted by molar-refractivity contribution is 5.76. The minimum Gasteiger partial charge on any atom is -0.0619 e. The molecule has 0 spiro atoms. The third kappa shape index (κ3) is 1.38. The van der Waals surface area contributed by atoms with E-state index in [0.29, 0.717) is 5.92 Å². The molecule has 0 fully saturated rings. The van der Waals surface area contributed by atoms with E-state index in [4.69, 9.17) is 0 Å². The monoisotopic (exact) mass is 206 g/mol. The molecule has 3 rings (SSSR count). The highest BCUT2D eigenvalue weighted by Crippen LogP contribution is 2.33. The number of benzene rings is 2. The molecular weight excluding hydrogens is 192 g/mol. The molecule has 0 saturated carbocycles. The van der Waals surface area contributed by atoms with Gasteiger partial charge >= 0.3 is 0 Å². The van der Waals surface area contributed by atoms with Gasteiger partial charge in [0.05, 0.1) is 0 Å². The Bertz CT molecular complexity index is 500. The topological polar surface area (TPSA) is 0 Å². The van der Waals surface area contributed by atoms with Crippen LogP contribution in [-0.4, -0.2) is 0 Å². The zero-order valence-electron chi connectivity index (χ0n) is 9.35. The van der Waals surface area contributed by atoms with E-state index in [9.17, 15) is 0 Å². The van der Waals surface area contributed by atoms with E-state index >= 15 is 0 Å². The molecule has 0 unspecified atom stereocenters. The van der Waals surface area contributed by atoms with Crippen LogP contribution in [0, 0.1) is 0 Å². The van der Waals surface area contributed by atoms with Crippen molar-refractivity contribution in [2.24, 2.45) is 0 Å². The van der Waals surface area contributed by atoms with Gasteiger partial charge in [0.25, 0.3) is 0 Å². The van der Waals surface area contributed by atoms with Gasteiger partial charge < -0.3 is 0 Å². The lowest BCUT2D eigenvalue weighted by Gasteiger charge is -2.14. The molecule has 0 radical (unpaired) electrons. The third-order valence-electron chi connectivity index (χ3n) is 3.37. The summed E-state index contributed by atoms with van der Waals surface area (Å²) in [6.07, 6.45) is 4.44. The SMILES string of the molecule is CC1c2ccccc2C=Cc2ccccc21. The molecule has 0 aromatic heterocycles. The number of fused-ring (bicyclic) bond motifs is 2. The van der Waals surface area contributed by atoms with Crippen LogP contribution in [-0.2, 0) is 0 Å². The molecule has 1 aliphatic rings. The molecule has 0 heteroatoms. The molecule has 0 nitrogen and oxygen atoms in total. The highest BCUT2D eigenvalue weighted by Gasteiger charge is 2.15. The Morgan fingerprint density at radius 3 is 1.62 bits per heavy atom. The van der Waals surface area contributed by atoms with E-state index in [1.807, 2.05) is 0 Å². The standard InChI is InChI=1S/C16H14/c1-12-15-8-4-2-6-13(15)10-11-14-7-3-5-9-16(12)14/h2-12H,1H3. The Labute approximate surface area is 96.3 Å². The van der Waals surface area contributed by atoms with E-state index in [1.54, 1.807) is 0 Å². The Morgan fingerprint density at radius 1 is 0.688 bits per heavy atom. The molecule has 0 aliphatic heterocycles.